The van der Waals surface area contributed by atoms with Gasteiger partial charge in [-0.25, -0.2) is 4.98 Å². The van der Waals surface area contributed by atoms with E-state index in [1.165, 1.54) is 6.20 Å². The van der Waals surface area contributed by atoms with Crippen molar-refractivity contribution >= 4 is 5.91 Å². The lowest BCUT2D eigenvalue weighted by Gasteiger charge is -2.36. The predicted octanol–water partition coefficient (Wildman–Crippen LogP) is 1.18. The van der Waals surface area contributed by atoms with Crippen molar-refractivity contribution < 1.29 is 14.3 Å². The number of rotatable bonds is 6. The van der Waals surface area contributed by atoms with Crippen LogP contribution in [0.15, 0.2) is 18.3 Å². The number of ether oxygens (including phenoxy) is 2. The second-order valence-corrected chi connectivity index (χ2v) is 5.76. The maximum Gasteiger partial charge on any atom is 0.252 e. The van der Waals surface area contributed by atoms with Gasteiger partial charge in [-0.05, 0) is 12.0 Å². The lowest BCUT2D eigenvalue weighted by Crippen LogP contribution is -2.51. The van der Waals surface area contributed by atoms with Gasteiger partial charge in [0.2, 0.25) is 5.88 Å². The smallest absolute Gasteiger partial charge is 0.252 e. The van der Waals surface area contributed by atoms with Crippen molar-refractivity contribution in [3.05, 3.63) is 23.9 Å². The van der Waals surface area contributed by atoms with Crippen LogP contribution in [0.1, 0.15) is 24.2 Å². The summed E-state index contributed by atoms with van der Waals surface area (Å²) in [4.78, 5) is 18.7. The summed E-state index contributed by atoms with van der Waals surface area (Å²) in [5.41, 5.74) is 0.547. The highest BCUT2D eigenvalue weighted by Gasteiger charge is 2.24. The van der Waals surface area contributed by atoms with Crippen LogP contribution in [0.2, 0.25) is 0 Å². The number of hydrogen-bond acceptors (Lipinski definition) is 5. The predicted molar refractivity (Wildman–Crippen MR) is 84.1 cm³/mol. The van der Waals surface area contributed by atoms with Gasteiger partial charge < -0.3 is 14.8 Å². The minimum absolute atomic E-state index is 0.103. The third kappa shape index (κ3) is 4.42. The second kappa shape index (κ2) is 8.10. The molecule has 1 atom stereocenters. The Morgan fingerprint density at radius 1 is 1.41 bits per heavy atom. The topological polar surface area (TPSA) is 63.7 Å². The monoisotopic (exact) mass is 307 g/mol. The molecule has 1 aromatic heterocycles. The van der Waals surface area contributed by atoms with E-state index in [0.717, 1.165) is 26.3 Å². The van der Waals surface area contributed by atoms with Crippen LogP contribution in [0.4, 0.5) is 0 Å². The van der Waals surface area contributed by atoms with E-state index in [1.807, 2.05) is 0 Å². The Bertz CT molecular complexity index is 470. The Labute approximate surface area is 131 Å². The molecule has 0 bridgehead atoms. The van der Waals surface area contributed by atoms with Crippen LogP contribution in [0.3, 0.4) is 0 Å². The zero-order chi connectivity index (χ0) is 15.9. The average molecular weight is 307 g/mol. The minimum atomic E-state index is -0.103. The molecule has 0 radical (unpaired) electrons. The standard InChI is InChI=1S/C16H25N3O3/c1-12(2)14(19-6-8-22-9-7-19)11-18-16(20)13-4-5-15(21-3)17-10-13/h4-5,10,12,14H,6-9,11H2,1-3H3,(H,18,20). The summed E-state index contributed by atoms with van der Waals surface area (Å²) in [6.07, 6.45) is 1.54. The van der Waals surface area contributed by atoms with E-state index < -0.39 is 0 Å². The molecule has 22 heavy (non-hydrogen) atoms. The molecule has 0 spiro atoms. The van der Waals surface area contributed by atoms with Crippen LogP contribution in [0, 0.1) is 5.92 Å². The fourth-order valence-corrected chi connectivity index (χ4v) is 2.63. The Morgan fingerprint density at radius 3 is 2.68 bits per heavy atom. The normalized spacial score (nSPS) is 17.3. The Morgan fingerprint density at radius 2 is 2.14 bits per heavy atom. The quantitative estimate of drug-likeness (QED) is 0.855. The van der Waals surface area contributed by atoms with Crippen LogP contribution < -0.4 is 10.1 Å². The lowest BCUT2D eigenvalue weighted by atomic mass is 10.0. The Balaban J connectivity index is 1.91. The first-order chi connectivity index (χ1) is 10.6. The Hall–Kier alpha value is -1.66. The maximum atomic E-state index is 12.2. The van der Waals surface area contributed by atoms with Gasteiger partial charge in [-0.2, -0.15) is 0 Å². The van der Waals surface area contributed by atoms with Crippen LogP contribution in [0.25, 0.3) is 0 Å². The molecule has 1 saturated heterocycles. The van der Waals surface area contributed by atoms with Crippen molar-refractivity contribution in [2.24, 2.45) is 5.92 Å². The molecule has 2 heterocycles. The fraction of sp³-hybridized carbons (Fsp3) is 0.625. The zero-order valence-corrected chi connectivity index (χ0v) is 13.5. The molecule has 0 aliphatic carbocycles. The molecule has 122 valence electrons. The van der Waals surface area contributed by atoms with Gasteiger partial charge in [0.25, 0.3) is 5.91 Å². The number of nitrogens with zero attached hydrogens (tertiary/aromatic N) is 2. The van der Waals surface area contributed by atoms with Gasteiger partial charge in [0.1, 0.15) is 0 Å². The van der Waals surface area contributed by atoms with Gasteiger partial charge in [0.15, 0.2) is 0 Å². The van der Waals surface area contributed by atoms with Crippen molar-refractivity contribution in [1.29, 1.82) is 0 Å². The first-order valence-corrected chi connectivity index (χ1v) is 7.72. The van der Waals surface area contributed by atoms with Gasteiger partial charge in [-0.15, -0.1) is 0 Å². The summed E-state index contributed by atoms with van der Waals surface area (Å²) in [6.45, 7) is 8.36. The molecule has 1 aromatic rings. The molecule has 0 saturated carbocycles. The van der Waals surface area contributed by atoms with E-state index >= 15 is 0 Å². The number of morpholine rings is 1. The number of hydrogen-bond donors (Lipinski definition) is 1. The highest BCUT2D eigenvalue weighted by molar-refractivity contribution is 5.93. The van der Waals surface area contributed by atoms with Crippen molar-refractivity contribution in [2.75, 3.05) is 40.0 Å². The number of pyridine rings is 1. The average Bonchev–Trinajstić information content (AvgIpc) is 2.55. The van der Waals surface area contributed by atoms with E-state index in [2.05, 4.69) is 29.0 Å². The Kier molecular flexibility index (Phi) is 6.15. The zero-order valence-electron chi connectivity index (χ0n) is 13.5. The van der Waals surface area contributed by atoms with E-state index in [4.69, 9.17) is 9.47 Å². The molecule has 0 aromatic carbocycles. The van der Waals surface area contributed by atoms with Gasteiger partial charge in [-0.3, -0.25) is 9.69 Å². The van der Waals surface area contributed by atoms with Crippen LogP contribution >= 0.6 is 0 Å². The number of aromatic nitrogens is 1. The fourth-order valence-electron chi connectivity index (χ4n) is 2.63. The van der Waals surface area contributed by atoms with E-state index in [0.29, 0.717) is 29.9 Å². The van der Waals surface area contributed by atoms with Gasteiger partial charge in [0.05, 0.1) is 25.9 Å². The summed E-state index contributed by atoms with van der Waals surface area (Å²) in [6, 6.07) is 3.73. The third-order valence-electron chi connectivity index (χ3n) is 3.96. The summed E-state index contributed by atoms with van der Waals surface area (Å²) < 4.78 is 10.4. The van der Waals surface area contributed by atoms with Gasteiger partial charge >= 0.3 is 0 Å². The molecule has 1 amide bonds. The summed E-state index contributed by atoms with van der Waals surface area (Å²) >= 11 is 0. The minimum Gasteiger partial charge on any atom is -0.481 e. The first kappa shape index (κ1) is 16.7. The lowest BCUT2D eigenvalue weighted by molar-refractivity contribution is 0.00672. The number of carbonyl (C=O) groups is 1. The molecule has 1 N–H and O–H groups in total. The molecule has 1 aliphatic rings. The molecule has 6 nitrogen and oxygen atoms in total. The van der Waals surface area contributed by atoms with Crippen LogP contribution in [-0.2, 0) is 4.74 Å². The molecule has 2 rings (SSSR count). The van der Waals surface area contributed by atoms with Crippen LogP contribution in [-0.4, -0.2) is 61.8 Å². The van der Waals surface area contributed by atoms with Crippen molar-refractivity contribution in [3.63, 3.8) is 0 Å². The van der Waals surface area contributed by atoms with Crippen molar-refractivity contribution in [2.45, 2.75) is 19.9 Å². The molecule has 1 unspecified atom stereocenters. The first-order valence-electron chi connectivity index (χ1n) is 7.72. The summed E-state index contributed by atoms with van der Waals surface area (Å²) in [7, 11) is 1.55. The molecular weight excluding hydrogens is 282 g/mol. The van der Waals surface area contributed by atoms with E-state index in [9.17, 15) is 4.79 Å². The van der Waals surface area contributed by atoms with Crippen molar-refractivity contribution in [1.82, 2.24) is 15.2 Å². The summed E-state index contributed by atoms with van der Waals surface area (Å²) in [5.74, 6) is 0.867. The molecule has 6 heteroatoms. The largest absolute Gasteiger partial charge is 0.481 e. The van der Waals surface area contributed by atoms with Gasteiger partial charge in [-0.1, -0.05) is 13.8 Å². The van der Waals surface area contributed by atoms with Crippen LogP contribution in [0.5, 0.6) is 5.88 Å². The highest BCUT2D eigenvalue weighted by Crippen LogP contribution is 2.13. The van der Waals surface area contributed by atoms with E-state index in [-0.39, 0.29) is 5.91 Å². The molecular formula is C16H25N3O3. The van der Waals surface area contributed by atoms with E-state index in [1.54, 1.807) is 19.2 Å². The second-order valence-electron chi connectivity index (χ2n) is 5.76. The molecule has 1 aliphatic heterocycles. The number of amides is 1. The number of nitrogens with one attached hydrogen (secondary N) is 1. The van der Waals surface area contributed by atoms with Crippen molar-refractivity contribution in [3.8, 4) is 5.88 Å². The third-order valence-corrected chi connectivity index (χ3v) is 3.96. The maximum absolute atomic E-state index is 12.2. The number of methoxy groups -OCH3 is 1. The summed E-state index contributed by atoms with van der Waals surface area (Å²) in [5, 5.41) is 3.01. The van der Waals surface area contributed by atoms with Gasteiger partial charge in [0, 0.05) is 37.9 Å². The highest BCUT2D eigenvalue weighted by atomic mass is 16.5. The number of carbonyl (C=O) groups excluding carboxylic acids is 1. The molecule has 1 fully saturated rings. The SMILES string of the molecule is COc1ccc(C(=O)NCC(C(C)C)N2CCOCC2)cn1.